The molecule has 0 spiro atoms. The fourth-order valence-corrected chi connectivity index (χ4v) is 2.01. The van der Waals surface area contributed by atoms with Crippen molar-refractivity contribution in [3.63, 3.8) is 0 Å². The number of fused-ring (bicyclic) bond motifs is 1. The van der Waals surface area contributed by atoms with Gasteiger partial charge in [0.15, 0.2) is 5.58 Å². The number of aromatic nitrogens is 1. The lowest BCUT2D eigenvalue weighted by Gasteiger charge is -2.12. The maximum atomic E-state index is 11.9. The zero-order valence-corrected chi connectivity index (χ0v) is 10.9. The maximum Gasteiger partial charge on any atom is 0.226 e. The van der Waals surface area contributed by atoms with E-state index >= 15 is 0 Å². The maximum absolute atomic E-state index is 11.9. The molecule has 0 saturated heterocycles. The summed E-state index contributed by atoms with van der Waals surface area (Å²) in [7, 11) is 0. The van der Waals surface area contributed by atoms with E-state index in [9.17, 15) is 4.79 Å². The molecule has 0 aliphatic rings. The molecule has 1 heterocycles. The molecule has 1 atom stereocenters. The minimum absolute atomic E-state index is 0.0535. The summed E-state index contributed by atoms with van der Waals surface area (Å²) < 4.78 is 5.16. The van der Waals surface area contributed by atoms with Crippen molar-refractivity contribution in [3.05, 3.63) is 30.0 Å². The second kappa shape index (κ2) is 6.33. The van der Waals surface area contributed by atoms with Crippen molar-refractivity contribution in [2.75, 3.05) is 6.61 Å². The summed E-state index contributed by atoms with van der Waals surface area (Å²) in [5, 5.41) is 16.4. The standard InChI is InChI=1S/C14H18N2O3/c1-10(5-4-8-17)15-14(18)9-12-11-6-2-3-7-13(11)19-16-12/h2-3,6-7,10,17H,4-5,8-9H2,1H3,(H,15,18). The summed E-state index contributed by atoms with van der Waals surface area (Å²) in [6.07, 6.45) is 1.66. The van der Waals surface area contributed by atoms with Crippen LogP contribution in [0.25, 0.3) is 11.0 Å². The number of benzene rings is 1. The summed E-state index contributed by atoms with van der Waals surface area (Å²) in [6, 6.07) is 7.54. The van der Waals surface area contributed by atoms with E-state index in [-0.39, 0.29) is 25.0 Å². The SMILES string of the molecule is CC(CCCO)NC(=O)Cc1noc2ccccc12. The predicted molar refractivity (Wildman–Crippen MR) is 71.6 cm³/mol. The van der Waals surface area contributed by atoms with Gasteiger partial charge >= 0.3 is 0 Å². The first-order chi connectivity index (χ1) is 9.20. The Kier molecular flexibility index (Phi) is 4.52. The number of hydrogen-bond donors (Lipinski definition) is 2. The van der Waals surface area contributed by atoms with Crippen molar-refractivity contribution in [1.82, 2.24) is 10.5 Å². The smallest absolute Gasteiger partial charge is 0.226 e. The average Bonchev–Trinajstić information content (AvgIpc) is 2.80. The van der Waals surface area contributed by atoms with Gasteiger partial charge in [-0.15, -0.1) is 0 Å². The molecule has 0 aliphatic heterocycles. The minimum atomic E-state index is -0.0792. The number of aliphatic hydroxyl groups excluding tert-OH is 1. The largest absolute Gasteiger partial charge is 0.396 e. The highest BCUT2D eigenvalue weighted by Gasteiger charge is 2.13. The molecule has 102 valence electrons. The molecule has 0 saturated carbocycles. The molecule has 1 aromatic carbocycles. The Labute approximate surface area is 111 Å². The fraction of sp³-hybridized carbons (Fsp3) is 0.429. The molecule has 2 N–H and O–H groups in total. The van der Waals surface area contributed by atoms with Crippen molar-refractivity contribution in [1.29, 1.82) is 0 Å². The highest BCUT2D eigenvalue weighted by Crippen LogP contribution is 2.18. The number of amides is 1. The highest BCUT2D eigenvalue weighted by atomic mass is 16.5. The van der Waals surface area contributed by atoms with Crippen molar-refractivity contribution in [2.24, 2.45) is 0 Å². The number of hydrogen-bond acceptors (Lipinski definition) is 4. The van der Waals surface area contributed by atoms with Crippen LogP contribution in [0.3, 0.4) is 0 Å². The second-order valence-corrected chi connectivity index (χ2v) is 4.64. The lowest BCUT2D eigenvalue weighted by atomic mass is 10.1. The first-order valence-corrected chi connectivity index (χ1v) is 6.44. The lowest BCUT2D eigenvalue weighted by molar-refractivity contribution is -0.121. The first-order valence-electron chi connectivity index (χ1n) is 6.44. The number of nitrogens with one attached hydrogen (secondary N) is 1. The van der Waals surface area contributed by atoms with E-state index in [4.69, 9.17) is 9.63 Å². The molecule has 0 aliphatic carbocycles. The Hall–Kier alpha value is -1.88. The molecule has 0 bridgehead atoms. The van der Waals surface area contributed by atoms with Gasteiger partial charge in [-0.25, -0.2) is 0 Å². The third-order valence-corrected chi connectivity index (χ3v) is 2.98. The van der Waals surface area contributed by atoms with Crippen LogP contribution in [0.2, 0.25) is 0 Å². The number of carbonyl (C=O) groups excluding carboxylic acids is 1. The molecule has 19 heavy (non-hydrogen) atoms. The van der Waals surface area contributed by atoms with Crippen LogP contribution in [0.4, 0.5) is 0 Å². The first kappa shape index (κ1) is 13.5. The Bertz CT molecular complexity index is 550. The van der Waals surface area contributed by atoms with Gasteiger partial charge in [0.25, 0.3) is 0 Å². The molecule has 2 rings (SSSR count). The Morgan fingerprint density at radius 1 is 1.47 bits per heavy atom. The quantitative estimate of drug-likeness (QED) is 0.830. The van der Waals surface area contributed by atoms with Gasteiger partial charge in [0.2, 0.25) is 5.91 Å². The minimum Gasteiger partial charge on any atom is -0.396 e. The number of aliphatic hydroxyl groups is 1. The third kappa shape index (κ3) is 3.54. The van der Waals surface area contributed by atoms with E-state index < -0.39 is 0 Å². The highest BCUT2D eigenvalue weighted by molar-refractivity contribution is 5.86. The predicted octanol–water partition coefficient (Wildman–Crippen LogP) is 1.65. The second-order valence-electron chi connectivity index (χ2n) is 4.64. The average molecular weight is 262 g/mol. The molecule has 1 unspecified atom stereocenters. The molecular weight excluding hydrogens is 244 g/mol. The van der Waals surface area contributed by atoms with Crippen LogP contribution in [-0.2, 0) is 11.2 Å². The molecule has 5 heteroatoms. The van der Waals surface area contributed by atoms with Gasteiger partial charge < -0.3 is 14.9 Å². The molecule has 2 aromatic rings. The van der Waals surface area contributed by atoms with E-state index in [2.05, 4.69) is 10.5 Å². The van der Waals surface area contributed by atoms with Crippen molar-refractivity contribution >= 4 is 16.9 Å². The lowest BCUT2D eigenvalue weighted by Crippen LogP contribution is -2.33. The van der Waals surface area contributed by atoms with Crippen LogP contribution in [0.1, 0.15) is 25.5 Å². The van der Waals surface area contributed by atoms with E-state index in [1.807, 2.05) is 31.2 Å². The topological polar surface area (TPSA) is 75.4 Å². The van der Waals surface area contributed by atoms with Crippen LogP contribution in [0, 0.1) is 0 Å². The summed E-state index contributed by atoms with van der Waals surface area (Å²) in [5.74, 6) is -0.0792. The van der Waals surface area contributed by atoms with Gasteiger partial charge in [0, 0.05) is 18.0 Å². The monoisotopic (exact) mass is 262 g/mol. The van der Waals surface area contributed by atoms with E-state index in [1.165, 1.54) is 0 Å². The van der Waals surface area contributed by atoms with Crippen LogP contribution in [0.15, 0.2) is 28.8 Å². The van der Waals surface area contributed by atoms with Gasteiger partial charge in [0.1, 0.15) is 5.69 Å². The fourth-order valence-electron chi connectivity index (χ4n) is 2.01. The third-order valence-electron chi connectivity index (χ3n) is 2.98. The van der Waals surface area contributed by atoms with Crippen LogP contribution in [0.5, 0.6) is 0 Å². The van der Waals surface area contributed by atoms with E-state index in [1.54, 1.807) is 0 Å². The van der Waals surface area contributed by atoms with Crippen LogP contribution >= 0.6 is 0 Å². The molecule has 1 aromatic heterocycles. The number of para-hydroxylation sites is 1. The van der Waals surface area contributed by atoms with Gasteiger partial charge in [-0.3, -0.25) is 4.79 Å². The molecule has 0 radical (unpaired) electrons. The summed E-state index contributed by atoms with van der Waals surface area (Å²) in [4.78, 5) is 11.9. The number of carbonyl (C=O) groups is 1. The van der Waals surface area contributed by atoms with Crippen molar-refractivity contribution < 1.29 is 14.4 Å². The summed E-state index contributed by atoms with van der Waals surface area (Å²) in [5.41, 5.74) is 1.35. The Morgan fingerprint density at radius 2 is 2.26 bits per heavy atom. The zero-order chi connectivity index (χ0) is 13.7. The van der Waals surface area contributed by atoms with Crippen molar-refractivity contribution in [2.45, 2.75) is 32.2 Å². The van der Waals surface area contributed by atoms with Gasteiger partial charge in [-0.1, -0.05) is 17.3 Å². The van der Waals surface area contributed by atoms with Gasteiger partial charge in [-0.2, -0.15) is 0 Å². The summed E-state index contributed by atoms with van der Waals surface area (Å²) in [6.45, 7) is 2.07. The van der Waals surface area contributed by atoms with Crippen molar-refractivity contribution in [3.8, 4) is 0 Å². The zero-order valence-electron chi connectivity index (χ0n) is 10.9. The normalized spacial score (nSPS) is 12.5. The molecule has 5 nitrogen and oxygen atoms in total. The van der Waals surface area contributed by atoms with Crippen LogP contribution < -0.4 is 5.32 Å². The molecular formula is C14H18N2O3. The molecule has 1 amide bonds. The van der Waals surface area contributed by atoms with E-state index in [0.29, 0.717) is 17.7 Å². The molecule has 0 fully saturated rings. The Morgan fingerprint density at radius 3 is 3.05 bits per heavy atom. The summed E-state index contributed by atoms with van der Waals surface area (Å²) >= 11 is 0. The van der Waals surface area contributed by atoms with Gasteiger partial charge in [-0.05, 0) is 31.9 Å². The van der Waals surface area contributed by atoms with Crippen LogP contribution in [-0.4, -0.2) is 28.8 Å². The van der Waals surface area contributed by atoms with Gasteiger partial charge in [0.05, 0.1) is 6.42 Å². The number of rotatable bonds is 6. The number of nitrogens with zero attached hydrogens (tertiary/aromatic N) is 1. The Balaban J connectivity index is 1.95. The van der Waals surface area contributed by atoms with E-state index in [0.717, 1.165) is 11.8 Å².